The zero-order chi connectivity index (χ0) is 12.1. The van der Waals surface area contributed by atoms with Crippen molar-refractivity contribution >= 4 is 5.97 Å². The molecule has 3 heteroatoms. The van der Waals surface area contributed by atoms with E-state index in [1.165, 1.54) is 25.5 Å². The van der Waals surface area contributed by atoms with E-state index < -0.39 is 5.97 Å². The Kier molecular flexibility index (Phi) is 4.02. The number of carbonyl (C=O) groups excluding carboxylic acids is 1. The van der Waals surface area contributed by atoms with Crippen LogP contribution >= 0.6 is 0 Å². The molecule has 1 fully saturated rings. The molecular formula is C14H18O3. The Hall–Kier alpha value is -1.51. The average Bonchev–Trinajstić information content (AvgIpc) is 2.90. The second kappa shape index (κ2) is 5.71. The van der Waals surface area contributed by atoms with Gasteiger partial charge in [0.2, 0.25) is 5.76 Å². The lowest BCUT2D eigenvalue weighted by Gasteiger charge is -2.27. The maximum atomic E-state index is 11.8. The highest BCUT2D eigenvalue weighted by molar-refractivity contribution is 5.86. The Morgan fingerprint density at radius 3 is 2.82 bits per heavy atom. The molecule has 17 heavy (non-hydrogen) atoms. The van der Waals surface area contributed by atoms with Crippen LogP contribution < -0.4 is 0 Å². The van der Waals surface area contributed by atoms with Crippen LogP contribution in [0.1, 0.15) is 42.7 Å². The van der Waals surface area contributed by atoms with E-state index in [1.54, 1.807) is 18.2 Å². The van der Waals surface area contributed by atoms with Crippen LogP contribution in [0.25, 0.3) is 0 Å². The van der Waals surface area contributed by atoms with Gasteiger partial charge in [-0.2, -0.15) is 0 Å². The SMILES string of the molecule is C=C[C@H](OC(=O)c1ccco1)C1CCCCC1. The molecule has 1 atom stereocenters. The third-order valence-electron chi connectivity index (χ3n) is 3.31. The van der Waals surface area contributed by atoms with Crippen LogP contribution in [0.15, 0.2) is 35.5 Å². The summed E-state index contributed by atoms with van der Waals surface area (Å²) >= 11 is 0. The first kappa shape index (κ1) is 12.0. The summed E-state index contributed by atoms with van der Waals surface area (Å²) in [6.07, 6.45) is 8.96. The summed E-state index contributed by atoms with van der Waals surface area (Å²) in [6, 6.07) is 3.30. The van der Waals surface area contributed by atoms with Gasteiger partial charge in [-0.15, -0.1) is 0 Å². The van der Waals surface area contributed by atoms with Crippen LogP contribution in [-0.2, 0) is 4.74 Å². The fraction of sp³-hybridized carbons (Fsp3) is 0.500. The van der Waals surface area contributed by atoms with Gasteiger partial charge in [0.1, 0.15) is 6.10 Å². The summed E-state index contributed by atoms with van der Waals surface area (Å²) < 4.78 is 10.5. The van der Waals surface area contributed by atoms with Gasteiger partial charge in [0.25, 0.3) is 0 Å². The minimum absolute atomic E-state index is 0.187. The molecule has 0 amide bonds. The molecule has 0 radical (unpaired) electrons. The summed E-state index contributed by atoms with van der Waals surface area (Å²) in [7, 11) is 0. The first-order valence-electron chi connectivity index (χ1n) is 6.18. The molecule has 1 saturated carbocycles. The van der Waals surface area contributed by atoms with Crippen molar-refractivity contribution in [1.29, 1.82) is 0 Å². The molecule has 1 aromatic heterocycles. The molecule has 0 unspecified atom stereocenters. The standard InChI is InChI=1S/C14H18O3/c1-2-12(11-7-4-3-5-8-11)17-14(15)13-9-6-10-16-13/h2,6,9-12H,1,3-5,7-8H2/t12-/m0/s1. The Labute approximate surface area is 101 Å². The lowest BCUT2D eigenvalue weighted by atomic mass is 9.85. The van der Waals surface area contributed by atoms with Gasteiger partial charge in [0.05, 0.1) is 6.26 Å². The molecule has 1 aliphatic rings. The van der Waals surface area contributed by atoms with Gasteiger partial charge in [-0.25, -0.2) is 4.79 Å². The number of rotatable bonds is 4. The van der Waals surface area contributed by atoms with Crippen molar-refractivity contribution in [3.8, 4) is 0 Å². The smallest absolute Gasteiger partial charge is 0.374 e. The first-order valence-corrected chi connectivity index (χ1v) is 6.18. The first-order chi connectivity index (χ1) is 8.31. The van der Waals surface area contributed by atoms with E-state index in [1.807, 2.05) is 0 Å². The zero-order valence-corrected chi connectivity index (χ0v) is 9.93. The molecule has 0 saturated heterocycles. The van der Waals surface area contributed by atoms with Gasteiger partial charge in [0, 0.05) is 0 Å². The molecule has 1 aliphatic carbocycles. The minimum atomic E-state index is -0.398. The second-order valence-electron chi connectivity index (χ2n) is 4.48. The van der Waals surface area contributed by atoms with E-state index in [0.29, 0.717) is 5.92 Å². The van der Waals surface area contributed by atoms with Crippen molar-refractivity contribution in [2.75, 3.05) is 0 Å². The van der Waals surface area contributed by atoms with Crippen molar-refractivity contribution in [1.82, 2.24) is 0 Å². The highest BCUT2D eigenvalue weighted by Crippen LogP contribution is 2.28. The summed E-state index contributed by atoms with van der Waals surface area (Å²) in [4.78, 5) is 11.8. The van der Waals surface area contributed by atoms with Gasteiger partial charge in [-0.3, -0.25) is 0 Å². The maximum Gasteiger partial charge on any atom is 0.374 e. The van der Waals surface area contributed by atoms with Gasteiger partial charge in [-0.05, 0) is 30.9 Å². The van der Waals surface area contributed by atoms with Crippen molar-refractivity contribution in [2.45, 2.75) is 38.2 Å². The van der Waals surface area contributed by atoms with Crippen molar-refractivity contribution in [2.24, 2.45) is 5.92 Å². The Bertz CT molecular complexity index is 361. The summed E-state index contributed by atoms with van der Waals surface area (Å²) in [5, 5.41) is 0. The topological polar surface area (TPSA) is 39.4 Å². The Morgan fingerprint density at radius 1 is 1.47 bits per heavy atom. The van der Waals surface area contributed by atoms with Crippen LogP contribution in [0.4, 0.5) is 0 Å². The van der Waals surface area contributed by atoms with Gasteiger partial charge in [0.15, 0.2) is 0 Å². The highest BCUT2D eigenvalue weighted by atomic mass is 16.6. The van der Waals surface area contributed by atoms with E-state index >= 15 is 0 Å². The molecule has 1 heterocycles. The lowest BCUT2D eigenvalue weighted by molar-refractivity contribution is 0.0194. The third-order valence-corrected chi connectivity index (χ3v) is 3.31. The lowest BCUT2D eigenvalue weighted by Crippen LogP contribution is -2.26. The molecule has 3 nitrogen and oxygen atoms in total. The fourth-order valence-electron chi connectivity index (χ4n) is 2.38. The van der Waals surface area contributed by atoms with Crippen LogP contribution in [0, 0.1) is 5.92 Å². The number of ether oxygens (including phenoxy) is 1. The molecule has 92 valence electrons. The van der Waals surface area contributed by atoms with E-state index in [4.69, 9.17) is 9.15 Å². The molecule has 1 aromatic rings. The molecule has 0 aromatic carbocycles. The summed E-state index contributed by atoms with van der Waals surface area (Å²) in [5.74, 6) is 0.276. The fourth-order valence-corrected chi connectivity index (χ4v) is 2.38. The van der Waals surface area contributed by atoms with E-state index in [0.717, 1.165) is 12.8 Å². The van der Waals surface area contributed by atoms with Gasteiger partial charge < -0.3 is 9.15 Å². The van der Waals surface area contributed by atoms with E-state index in [9.17, 15) is 4.79 Å². The van der Waals surface area contributed by atoms with E-state index in [-0.39, 0.29) is 11.9 Å². The van der Waals surface area contributed by atoms with Gasteiger partial charge >= 0.3 is 5.97 Å². The van der Waals surface area contributed by atoms with Crippen molar-refractivity contribution in [3.63, 3.8) is 0 Å². The van der Waals surface area contributed by atoms with E-state index in [2.05, 4.69) is 6.58 Å². The predicted molar refractivity (Wildman–Crippen MR) is 64.7 cm³/mol. The monoisotopic (exact) mass is 234 g/mol. The second-order valence-corrected chi connectivity index (χ2v) is 4.48. The zero-order valence-electron chi connectivity index (χ0n) is 9.93. The maximum absolute atomic E-state index is 11.8. The Morgan fingerprint density at radius 2 is 2.24 bits per heavy atom. The highest BCUT2D eigenvalue weighted by Gasteiger charge is 2.25. The summed E-state index contributed by atoms with van der Waals surface area (Å²) in [5.41, 5.74) is 0. The predicted octanol–water partition coefficient (Wildman–Crippen LogP) is 3.57. The normalized spacial score (nSPS) is 18.6. The number of furan rings is 1. The molecule has 0 spiro atoms. The van der Waals surface area contributed by atoms with Crippen molar-refractivity contribution in [3.05, 3.63) is 36.8 Å². The minimum Gasteiger partial charge on any atom is -0.457 e. The molecule has 0 N–H and O–H groups in total. The molecule has 0 aliphatic heterocycles. The quantitative estimate of drug-likeness (QED) is 0.590. The molecule has 2 rings (SSSR count). The number of carbonyl (C=O) groups is 1. The number of esters is 1. The Balaban J connectivity index is 1.94. The van der Waals surface area contributed by atoms with Crippen LogP contribution in [0.2, 0.25) is 0 Å². The number of hydrogen-bond donors (Lipinski definition) is 0. The van der Waals surface area contributed by atoms with Crippen LogP contribution in [-0.4, -0.2) is 12.1 Å². The largest absolute Gasteiger partial charge is 0.457 e. The molecule has 0 bridgehead atoms. The van der Waals surface area contributed by atoms with Gasteiger partial charge in [-0.1, -0.05) is 31.9 Å². The van der Waals surface area contributed by atoms with Crippen molar-refractivity contribution < 1.29 is 13.9 Å². The average molecular weight is 234 g/mol. The van der Waals surface area contributed by atoms with Crippen LogP contribution in [0.5, 0.6) is 0 Å². The molecular weight excluding hydrogens is 216 g/mol. The summed E-state index contributed by atoms with van der Waals surface area (Å²) in [6.45, 7) is 3.76. The number of hydrogen-bond acceptors (Lipinski definition) is 3. The third kappa shape index (κ3) is 2.99. The van der Waals surface area contributed by atoms with Crippen LogP contribution in [0.3, 0.4) is 0 Å².